The molecule has 0 saturated carbocycles. The molecular formula is C14H16F3N3O. The minimum atomic E-state index is -4.54. The first-order valence-corrected chi connectivity index (χ1v) is 6.31. The number of hydrogen-bond donors (Lipinski definition) is 2. The Kier molecular flexibility index (Phi) is 4.97. The van der Waals surface area contributed by atoms with E-state index in [4.69, 9.17) is 11.0 Å². The van der Waals surface area contributed by atoms with E-state index in [0.717, 1.165) is 12.1 Å². The lowest BCUT2D eigenvalue weighted by molar-refractivity contribution is -0.137. The Bertz CT molecular complexity index is 572. The normalized spacial score (nSPS) is 14.1. The number of amides is 1. The van der Waals surface area contributed by atoms with Crippen molar-refractivity contribution in [2.24, 2.45) is 11.1 Å². The lowest BCUT2D eigenvalue weighted by atomic mass is 9.86. The molecule has 0 spiro atoms. The fourth-order valence-corrected chi connectivity index (χ4v) is 1.59. The van der Waals surface area contributed by atoms with Crippen molar-refractivity contribution in [3.63, 3.8) is 0 Å². The summed E-state index contributed by atoms with van der Waals surface area (Å²) in [6, 6.07) is 4.26. The molecule has 0 bridgehead atoms. The fourth-order valence-electron chi connectivity index (χ4n) is 1.59. The van der Waals surface area contributed by atoms with Gasteiger partial charge in [0.1, 0.15) is 6.07 Å². The van der Waals surface area contributed by atoms with Gasteiger partial charge in [-0.2, -0.15) is 18.4 Å². The number of nitrogens with two attached hydrogens (primary N) is 1. The highest BCUT2D eigenvalue weighted by Gasteiger charge is 2.33. The van der Waals surface area contributed by atoms with Gasteiger partial charge in [-0.1, -0.05) is 6.92 Å². The van der Waals surface area contributed by atoms with Crippen molar-refractivity contribution in [1.82, 2.24) is 0 Å². The summed E-state index contributed by atoms with van der Waals surface area (Å²) in [4.78, 5) is 12.1. The van der Waals surface area contributed by atoms with Crippen LogP contribution in [0.15, 0.2) is 18.2 Å². The van der Waals surface area contributed by atoms with E-state index in [1.807, 2.05) is 0 Å². The third-order valence-electron chi connectivity index (χ3n) is 3.49. The summed E-state index contributed by atoms with van der Waals surface area (Å²) in [5, 5.41) is 11.4. The lowest BCUT2D eigenvalue weighted by Crippen LogP contribution is -2.39. The van der Waals surface area contributed by atoms with Gasteiger partial charge in [0.05, 0.1) is 22.2 Å². The molecule has 114 valence electrons. The van der Waals surface area contributed by atoms with Gasteiger partial charge in [0.2, 0.25) is 5.91 Å². The minimum Gasteiger partial charge on any atom is -0.329 e. The predicted molar refractivity (Wildman–Crippen MR) is 72.2 cm³/mol. The van der Waals surface area contributed by atoms with Crippen LogP contribution in [0.4, 0.5) is 18.9 Å². The van der Waals surface area contributed by atoms with Crippen LogP contribution in [-0.2, 0) is 11.0 Å². The summed E-state index contributed by atoms with van der Waals surface area (Å²) < 4.78 is 37.8. The first-order chi connectivity index (χ1) is 9.67. The monoisotopic (exact) mass is 299 g/mol. The molecule has 0 aliphatic carbocycles. The fraction of sp³-hybridized carbons (Fsp3) is 0.429. The summed E-state index contributed by atoms with van der Waals surface area (Å²) in [5.41, 5.74) is 3.58. The van der Waals surface area contributed by atoms with Gasteiger partial charge in [-0.3, -0.25) is 4.79 Å². The van der Waals surface area contributed by atoms with Crippen LogP contribution in [-0.4, -0.2) is 12.5 Å². The second-order valence-corrected chi connectivity index (χ2v) is 4.94. The van der Waals surface area contributed by atoms with Gasteiger partial charge >= 0.3 is 6.18 Å². The number of carbonyl (C=O) groups is 1. The Morgan fingerprint density at radius 2 is 2.05 bits per heavy atom. The van der Waals surface area contributed by atoms with Gasteiger partial charge in [0, 0.05) is 6.54 Å². The second kappa shape index (κ2) is 6.14. The molecule has 0 aliphatic heterocycles. The largest absolute Gasteiger partial charge is 0.416 e. The minimum absolute atomic E-state index is 0.0450. The number of halogens is 3. The molecule has 3 N–H and O–H groups in total. The SMILES string of the molecule is CCC(C)(CN)C(=O)Nc1ccc(C(F)(F)F)cc1C#N. The maximum absolute atomic E-state index is 12.6. The third kappa shape index (κ3) is 3.73. The van der Waals surface area contributed by atoms with Crippen molar-refractivity contribution in [3.8, 4) is 6.07 Å². The number of rotatable bonds is 4. The van der Waals surface area contributed by atoms with Gasteiger partial charge in [-0.15, -0.1) is 0 Å². The van der Waals surface area contributed by atoms with Crippen LogP contribution in [0, 0.1) is 16.7 Å². The summed E-state index contributed by atoms with van der Waals surface area (Å²) in [6.07, 6.45) is -4.07. The van der Waals surface area contributed by atoms with Crippen LogP contribution >= 0.6 is 0 Å². The van der Waals surface area contributed by atoms with Crippen LogP contribution in [0.2, 0.25) is 0 Å². The highest BCUT2D eigenvalue weighted by Crippen LogP contribution is 2.32. The van der Waals surface area contributed by atoms with E-state index >= 15 is 0 Å². The predicted octanol–water partition coefficient (Wildman–Crippen LogP) is 2.89. The molecule has 0 aromatic heterocycles. The quantitative estimate of drug-likeness (QED) is 0.897. The zero-order valence-corrected chi connectivity index (χ0v) is 11.7. The van der Waals surface area contributed by atoms with Gasteiger partial charge in [-0.05, 0) is 31.5 Å². The molecule has 1 rings (SSSR count). The maximum atomic E-state index is 12.6. The molecule has 0 aliphatic rings. The van der Waals surface area contributed by atoms with E-state index in [1.165, 1.54) is 0 Å². The molecule has 7 heteroatoms. The van der Waals surface area contributed by atoms with E-state index in [-0.39, 0.29) is 17.8 Å². The van der Waals surface area contributed by atoms with Crippen LogP contribution in [0.3, 0.4) is 0 Å². The van der Waals surface area contributed by atoms with Crippen LogP contribution < -0.4 is 11.1 Å². The standard InChI is InChI=1S/C14H16F3N3O/c1-3-13(2,8-19)12(21)20-11-5-4-10(14(15,16)17)6-9(11)7-18/h4-6H,3,8,19H2,1-2H3,(H,20,21). The lowest BCUT2D eigenvalue weighted by Gasteiger charge is -2.25. The first kappa shape index (κ1) is 17.0. The van der Waals surface area contributed by atoms with Gasteiger partial charge in [0.15, 0.2) is 0 Å². The zero-order valence-electron chi connectivity index (χ0n) is 11.7. The number of anilines is 1. The Morgan fingerprint density at radius 1 is 1.43 bits per heavy atom. The van der Waals surface area contributed by atoms with Crippen LogP contribution in [0.5, 0.6) is 0 Å². The molecule has 1 aromatic rings. The average Bonchev–Trinajstić information content (AvgIpc) is 2.45. The van der Waals surface area contributed by atoms with Gasteiger partial charge < -0.3 is 11.1 Å². The van der Waals surface area contributed by atoms with Crippen molar-refractivity contribution >= 4 is 11.6 Å². The molecule has 0 fully saturated rings. The van der Waals surface area contributed by atoms with E-state index < -0.39 is 23.1 Å². The van der Waals surface area contributed by atoms with Crippen molar-refractivity contribution < 1.29 is 18.0 Å². The Balaban J connectivity index is 3.11. The highest BCUT2D eigenvalue weighted by atomic mass is 19.4. The molecular weight excluding hydrogens is 283 g/mol. The van der Waals surface area contributed by atoms with Crippen molar-refractivity contribution in [2.45, 2.75) is 26.4 Å². The summed E-state index contributed by atoms with van der Waals surface area (Å²) in [7, 11) is 0. The van der Waals surface area contributed by atoms with Crippen molar-refractivity contribution in [3.05, 3.63) is 29.3 Å². The highest BCUT2D eigenvalue weighted by molar-refractivity contribution is 5.96. The smallest absolute Gasteiger partial charge is 0.329 e. The average molecular weight is 299 g/mol. The maximum Gasteiger partial charge on any atom is 0.416 e. The third-order valence-corrected chi connectivity index (χ3v) is 3.49. The number of nitrogens with zero attached hydrogens (tertiary/aromatic N) is 1. The number of nitrogens with one attached hydrogen (secondary N) is 1. The second-order valence-electron chi connectivity index (χ2n) is 4.94. The number of carbonyl (C=O) groups excluding carboxylic acids is 1. The molecule has 0 saturated heterocycles. The molecule has 4 nitrogen and oxygen atoms in total. The molecule has 1 amide bonds. The van der Waals surface area contributed by atoms with E-state index in [9.17, 15) is 18.0 Å². The summed E-state index contributed by atoms with van der Waals surface area (Å²) >= 11 is 0. The molecule has 21 heavy (non-hydrogen) atoms. The van der Waals surface area contributed by atoms with E-state index in [0.29, 0.717) is 12.5 Å². The molecule has 0 heterocycles. The summed E-state index contributed by atoms with van der Waals surface area (Å²) in [5.74, 6) is -0.427. The molecule has 0 radical (unpaired) electrons. The number of nitriles is 1. The summed E-state index contributed by atoms with van der Waals surface area (Å²) in [6.45, 7) is 3.53. The van der Waals surface area contributed by atoms with Gasteiger partial charge in [0.25, 0.3) is 0 Å². The number of alkyl halides is 3. The number of benzene rings is 1. The molecule has 1 aromatic carbocycles. The van der Waals surface area contributed by atoms with Crippen molar-refractivity contribution in [1.29, 1.82) is 5.26 Å². The van der Waals surface area contributed by atoms with Crippen LogP contribution in [0.1, 0.15) is 31.4 Å². The van der Waals surface area contributed by atoms with Crippen molar-refractivity contribution in [2.75, 3.05) is 11.9 Å². The van der Waals surface area contributed by atoms with E-state index in [1.54, 1.807) is 19.9 Å². The number of hydrogen-bond acceptors (Lipinski definition) is 3. The Hall–Kier alpha value is -2.07. The zero-order chi connectivity index (χ0) is 16.3. The van der Waals surface area contributed by atoms with Crippen LogP contribution in [0.25, 0.3) is 0 Å². The molecule has 1 unspecified atom stereocenters. The Labute approximate surface area is 120 Å². The Morgan fingerprint density at radius 3 is 2.48 bits per heavy atom. The first-order valence-electron chi connectivity index (χ1n) is 6.31. The topological polar surface area (TPSA) is 78.9 Å². The molecule has 1 atom stereocenters. The van der Waals surface area contributed by atoms with Gasteiger partial charge in [-0.25, -0.2) is 0 Å². The van der Waals surface area contributed by atoms with E-state index in [2.05, 4.69) is 5.32 Å².